The molecule has 0 bridgehead atoms. The summed E-state index contributed by atoms with van der Waals surface area (Å²) in [4.78, 5) is 0.189. The predicted octanol–water partition coefficient (Wildman–Crippen LogP) is 2.76. The molecule has 0 aromatic carbocycles. The zero-order valence-corrected chi connectivity index (χ0v) is 13.7. The van der Waals surface area contributed by atoms with Gasteiger partial charge in [-0.1, -0.05) is 26.7 Å². The van der Waals surface area contributed by atoms with Crippen LogP contribution in [0.15, 0.2) is 4.90 Å². The maximum Gasteiger partial charge on any atom is 0.184 e. The van der Waals surface area contributed by atoms with Crippen molar-refractivity contribution in [3.63, 3.8) is 0 Å². The average molecular weight is 317 g/mol. The smallest absolute Gasteiger partial charge is 0.184 e. The van der Waals surface area contributed by atoms with Gasteiger partial charge in [0.15, 0.2) is 15.7 Å². The monoisotopic (exact) mass is 317 g/mol. The molecule has 0 spiro atoms. The summed E-state index contributed by atoms with van der Waals surface area (Å²) in [5.41, 5.74) is 5.71. The Kier molecular flexibility index (Phi) is 4.90. The van der Waals surface area contributed by atoms with Crippen LogP contribution in [-0.2, 0) is 9.84 Å². The first-order valence-corrected chi connectivity index (χ1v) is 9.58. The fourth-order valence-electron chi connectivity index (χ4n) is 2.83. The van der Waals surface area contributed by atoms with Crippen molar-refractivity contribution in [2.24, 2.45) is 11.8 Å². The van der Waals surface area contributed by atoms with Crippen molar-refractivity contribution in [1.82, 2.24) is 4.37 Å². The normalized spacial score (nSPS) is 23.7. The molecule has 20 heavy (non-hydrogen) atoms. The third kappa shape index (κ3) is 3.44. The quantitative estimate of drug-likeness (QED) is 0.872. The van der Waals surface area contributed by atoms with Crippen LogP contribution in [0.25, 0.3) is 0 Å². The van der Waals surface area contributed by atoms with E-state index in [4.69, 9.17) is 5.73 Å². The zero-order valence-electron chi connectivity index (χ0n) is 12.1. The summed E-state index contributed by atoms with van der Waals surface area (Å²) in [7, 11) is -3.32. The summed E-state index contributed by atoms with van der Waals surface area (Å²) >= 11 is 1.14. The van der Waals surface area contributed by atoms with E-state index >= 15 is 0 Å². The molecule has 2 atom stereocenters. The number of nitrogen functional groups attached to an aromatic ring is 1. The maximum absolute atomic E-state index is 12.1. The molecule has 1 heterocycles. The lowest BCUT2D eigenvalue weighted by Gasteiger charge is -2.26. The number of nitrogens with zero attached hydrogens (tertiary/aromatic N) is 1. The molecule has 114 valence electrons. The van der Waals surface area contributed by atoms with Crippen molar-refractivity contribution in [1.29, 1.82) is 0 Å². The summed E-state index contributed by atoms with van der Waals surface area (Å²) in [5.74, 6) is 1.54. The van der Waals surface area contributed by atoms with E-state index in [0.717, 1.165) is 24.0 Å². The molecule has 0 saturated heterocycles. The molecule has 1 aromatic heterocycles. The number of aromatic nitrogens is 1. The van der Waals surface area contributed by atoms with Gasteiger partial charge in [-0.15, -0.1) is 0 Å². The molecule has 0 aliphatic heterocycles. The molecule has 1 saturated carbocycles. The highest BCUT2D eigenvalue weighted by Crippen LogP contribution is 2.34. The number of anilines is 2. The van der Waals surface area contributed by atoms with E-state index in [1.165, 1.54) is 25.7 Å². The van der Waals surface area contributed by atoms with Crippen molar-refractivity contribution < 1.29 is 8.42 Å². The number of hydrogen-bond acceptors (Lipinski definition) is 6. The Bertz CT molecular complexity index is 554. The van der Waals surface area contributed by atoms with E-state index in [9.17, 15) is 8.42 Å². The minimum atomic E-state index is -3.32. The molecule has 1 aliphatic rings. The summed E-state index contributed by atoms with van der Waals surface area (Å²) in [6.45, 7) is 4.71. The third-order valence-corrected chi connectivity index (χ3v) is 6.71. The van der Waals surface area contributed by atoms with Gasteiger partial charge in [-0.25, -0.2) is 8.42 Å². The fourth-order valence-corrected chi connectivity index (χ4v) is 5.01. The van der Waals surface area contributed by atoms with Crippen LogP contribution < -0.4 is 11.1 Å². The van der Waals surface area contributed by atoms with Gasteiger partial charge >= 0.3 is 0 Å². The standard InChI is InChI=1S/C13H23N3O2S2/c1-3-20(17,18)11-12(14)16-19-13(11)15-8-10-6-4-5-9(2)7-10/h9-10,15H,3-8H2,1-2H3,(H2,14,16). The second-order valence-electron chi connectivity index (χ2n) is 5.65. The second kappa shape index (κ2) is 6.30. The molecule has 1 aromatic rings. The number of hydrogen-bond donors (Lipinski definition) is 2. The molecule has 0 amide bonds. The highest BCUT2D eigenvalue weighted by atomic mass is 32.2. The van der Waals surface area contributed by atoms with Crippen LogP contribution in [-0.4, -0.2) is 25.1 Å². The topological polar surface area (TPSA) is 85.1 Å². The van der Waals surface area contributed by atoms with Crippen LogP contribution in [0.4, 0.5) is 10.8 Å². The molecule has 0 radical (unpaired) electrons. The largest absolute Gasteiger partial charge is 0.382 e. The van der Waals surface area contributed by atoms with Gasteiger partial charge in [0.05, 0.1) is 5.75 Å². The van der Waals surface area contributed by atoms with Crippen molar-refractivity contribution in [3.8, 4) is 0 Å². The van der Waals surface area contributed by atoms with Gasteiger partial charge in [-0.05, 0) is 36.2 Å². The summed E-state index contributed by atoms with van der Waals surface area (Å²) in [5, 5.41) is 3.86. The first kappa shape index (κ1) is 15.6. The molecular formula is C13H23N3O2S2. The summed E-state index contributed by atoms with van der Waals surface area (Å²) in [6, 6.07) is 0. The summed E-state index contributed by atoms with van der Waals surface area (Å²) in [6.07, 6.45) is 4.98. The molecule has 1 fully saturated rings. The van der Waals surface area contributed by atoms with E-state index in [-0.39, 0.29) is 16.5 Å². The Morgan fingerprint density at radius 2 is 2.20 bits per heavy atom. The first-order valence-electron chi connectivity index (χ1n) is 7.15. The van der Waals surface area contributed by atoms with Crippen LogP contribution in [0.3, 0.4) is 0 Å². The van der Waals surface area contributed by atoms with E-state index < -0.39 is 9.84 Å². The van der Waals surface area contributed by atoms with Crippen molar-refractivity contribution >= 4 is 32.2 Å². The van der Waals surface area contributed by atoms with Crippen LogP contribution in [0.5, 0.6) is 0 Å². The second-order valence-corrected chi connectivity index (χ2v) is 8.64. The number of sulfone groups is 1. The SMILES string of the molecule is CCS(=O)(=O)c1c(N)nsc1NCC1CCCC(C)C1. The Morgan fingerprint density at radius 3 is 2.85 bits per heavy atom. The molecule has 3 N–H and O–H groups in total. The highest BCUT2D eigenvalue weighted by molar-refractivity contribution is 7.91. The lowest BCUT2D eigenvalue weighted by atomic mass is 9.82. The number of rotatable bonds is 5. The van der Waals surface area contributed by atoms with Crippen molar-refractivity contribution in [3.05, 3.63) is 0 Å². The lowest BCUT2D eigenvalue weighted by molar-refractivity contribution is 0.293. The minimum Gasteiger partial charge on any atom is -0.382 e. The fraction of sp³-hybridized carbons (Fsp3) is 0.769. The minimum absolute atomic E-state index is 0.0464. The van der Waals surface area contributed by atoms with E-state index in [2.05, 4.69) is 16.6 Å². The maximum atomic E-state index is 12.1. The van der Waals surface area contributed by atoms with Gasteiger partial charge < -0.3 is 11.1 Å². The van der Waals surface area contributed by atoms with Gasteiger partial charge in [0.2, 0.25) is 0 Å². The van der Waals surface area contributed by atoms with Crippen LogP contribution >= 0.6 is 11.5 Å². The van der Waals surface area contributed by atoms with Crippen LogP contribution in [0.2, 0.25) is 0 Å². The molecule has 5 nitrogen and oxygen atoms in total. The summed E-state index contributed by atoms with van der Waals surface area (Å²) < 4.78 is 28.1. The van der Waals surface area contributed by atoms with E-state index in [1.807, 2.05) is 0 Å². The van der Waals surface area contributed by atoms with Crippen molar-refractivity contribution in [2.75, 3.05) is 23.3 Å². The third-order valence-electron chi connectivity index (χ3n) is 3.96. The Morgan fingerprint density at radius 1 is 1.45 bits per heavy atom. The molecule has 2 unspecified atom stereocenters. The van der Waals surface area contributed by atoms with Crippen LogP contribution in [0, 0.1) is 11.8 Å². The van der Waals surface area contributed by atoms with E-state index in [1.54, 1.807) is 6.92 Å². The van der Waals surface area contributed by atoms with Crippen molar-refractivity contribution in [2.45, 2.75) is 44.4 Å². The predicted molar refractivity (Wildman–Crippen MR) is 83.9 cm³/mol. The van der Waals surface area contributed by atoms with Gasteiger partial charge in [-0.3, -0.25) is 0 Å². The van der Waals surface area contributed by atoms with Gasteiger partial charge in [0.1, 0.15) is 9.90 Å². The van der Waals surface area contributed by atoms with Gasteiger partial charge in [0.25, 0.3) is 0 Å². The van der Waals surface area contributed by atoms with Crippen LogP contribution in [0.1, 0.15) is 39.5 Å². The number of nitrogens with two attached hydrogens (primary N) is 1. The molecule has 2 rings (SSSR count). The average Bonchev–Trinajstić information content (AvgIpc) is 2.78. The molecule has 1 aliphatic carbocycles. The highest BCUT2D eigenvalue weighted by Gasteiger charge is 2.25. The van der Waals surface area contributed by atoms with Gasteiger partial charge in [-0.2, -0.15) is 4.37 Å². The Labute approximate surface area is 125 Å². The Balaban J connectivity index is 2.07. The van der Waals surface area contributed by atoms with Gasteiger partial charge in [0, 0.05) is 6.54 Å². The number of nitrogens with one attached hydrogen (secondary N) is 1. The lowest BCUT2D eigenvalue weighted by Crippen LogP contribution is -2.21. The molecular weight excluding hydrogens is 294 g/mol. The molecule has 7 heteroatoms. The Hall–Kier alpha value is -0.820. The zero-order chi connectivity index (χ0) is 14.8. The van der Waals surface area contributed by atoms with E-state index in [0.29, 0.717) is 10.9 Å². The first-order chi connectivity index (χ1) is 9.44.